The SMILES string of the molecule is N#Cc1cccc(-c2ccc(F)nc2)c1N1CCC(c2cnc[nH]2)CC1. The van der Waals surface area contributed by atoms with Crippen molar-refractivity contribution >= 4 is 5.69 Å². The molecule has 6 heteroatoms. The molecule has 1 saturated heterocycles. The lowest BCUT2D eigenvalue weighted by atomic mass is 9.92. The first kappa shape index (κ1) is 16.3. The van der Waals surface area contributed by atoms with E-state index in [1.807, 2.05) is 24.4 Å². The third kappa shape index (κ3) is 3.04. The molecule has 1 N–H and O–H groups in total. The van der Waals surface area contributed by atoms with Gasteiger partial charge in [0.25, 0.3) is 0 Å². The second kappa shape index (κ2) is 6.96. The highest BCUT2D eigenvalue weighted by atomic mass is 19.1. The number of pyridine rings is 1. The number of hydrogen-bond donors (Lipinski definition) is 1. The molecule has 3 heterocycles. The number of anilines is 1. The summed E-state index contributed by atoms with van der Waals surface area (Å²) in [4.78, 5) is 13.3. The van der Waals surface area contributed by atoms with Crippen LogP contribution in [0.5, 0.6) is 0 Å². The number of nitrogens with one attached hydrogen (secondary N) is 1. The molecule has 5 nitrogen and oxygen atoms in total. The number of piperidine rings is 1. The molecule has 1 aliphatic heterocycles. The molecular weight excluding hydrogens is 329 g/mol. The van der Waals surface area contributed by atoms with E-state index in [1.165, 1.54) is 18.0 Å². The number of nitrogens with zero attached hydrogens (tertiary/aromatic N) is 4. The Balaban J connectivity index is 1.66. The molecule has 0 amide bonds. The van der Waals surface area contributed by atoms with Crippen LogP contribution in [-0.4, -0.2) is 28.0 Å². The van der Waals surface area contributed by atoms with E-state index >= 15 is 0 Å². The van der Waals surface area contributed by atoms with Gasteiger partial charge in [-0.3, -0.25) is 0 Å². The molecular formula is C20H18FN5. The topological polar surface area (TPSA) is 68.6 Å². The van der Waals surface area contributed by atoms with Crippen LogP contribution >= 0.6 is 0 Å². The highest BCUT2D eigenvalue weighted by molar-refractivity contribution is 5.82. The number of nitriles is 1. The lowest BCUT2D eigenvalue weighted by Crippen LogP contribution is -2.33. The van der Waals surface area contributed by atoms with Crippen LogP contribution in [0.1, 0.15) is 30.0 Å². The van der Waals surface area contributed by atoms with E-state index in [1.54, 1.807) is 12.4 Å². The first-order valence-corrected chi connectivity index (χ1v) is 8.64. The fourth-order valence-electron chi connectivity index (χ4n) is 3.65. The van der Waals surface area contributed by atoms with Gasteiger partial charge in [-0.05, 0) is 31.0 Å². The normalized spacial score (nSPS) is 15.0. The van der Waals surface area contributed by atoms with Crippen molar-refractivity contribution in [1.29, 1.82) is 5.26 Å². The molecule has 3 aromatic rings. The van der Waals surface area contributed by atoms with E-state index in [-0.39, 0.29) is 0 Å². The van der Waals surface area contributed by atoms with Crippen LogP contribution in [0.3, 0.4) is 0 Å². The number of rotatable bonds is 3. The number of imidazole rings is 1. The Morgan fingerprint density at radius 1 is 1.15 bits per heavy atom. The molecule has 0 aliphatic carbocycles. The van der Waals surface area contributed by atoms with Crippen LogP contribution in [0.2, 0.25) is 0 Å². The number of benzene rings is 1. The van der Waals surface area contributed by atoms with Gasteiger partial charge in [0.2, 0.25) is 5.95 Å². The number of aromatic amines is 1. The standard InChI is InChI=1S/C20H18FN5/c21-19-5-4-16(11-24-19)17-3-1-2-15(10-22)20(17)26-8-6-14(7-9-26)18-12-23-13-25-18/h1-5,11-14H,6-9H2,(H,23,25). The first-order chi connectivity index (χ1) is 12.8. The van der Waals surface area contributed by atoms with Crippen LogP contribution in [0, 0.1) is 17.3 Å². The highest BCUT2D eigenvalue weighted by Crippen LogP contribution is 2.37. The molecule has 2 aromatic heterocycles. The lowest BCUT2D eigenvalue weighted by molar-refractivity contribution is 0.498. The van der Waals surface area contributed by atoms with Gasteiger partial charge in [0.05, 0.1) is 17.6 Å². The van der Waals surface area contributed by atoms with Crippen LogP contribution in [0.15, 0.2) is 49.1 Å². The largest absolute Gasteiger partial charge is 0.370 e. The maximum Gasteiger partial charge on any atom is 0.212 e. The fourth-order valence-corrected chi connectivity index (χ4v) is 3.65. The van der Waals surface area contributed by atoms with Gasteiger partial charge < -0.3 is 9.88 Å². The Kier molecular flexibility index (Phi) is 4.36. The van der Waals surface area contributed by atoms with Gasteiger partial charge in [-0.2, -0.15) is 9.65 Å². The van der Waals surface area contributed by atoms with Gasteiger partial charge in [0, 0.05) is 48.2 Å². The Labute approximate surface area is 151 Å². The summed E-state index contributed by atoms with van der Waals surface area (Å²) in [5.74, 6) is -0.0500. The molecule has 0 atom stereocenters. The van der Waals surface area contributed by atoms with Crippen molar-refractivity contribution in [3.05, 3.63) is 66.3 Å². The predicted molar refractivity (Wildman–Crippen MR) is 97.1 cm³/mol. The Hall–Kier alpha value is -3.20. The van der Waals surface area contributed by atoms with Crippen molar-refractivity contribution in [2.75, 3.05) is 18.0 Å². The summed E-state index contributed by atoms with van der Waals surface area (Å²) in [5.41, 5.74) is 4.44. The van der Waals surface area contributed by atoms with E-state index < -0.39 is 5.95 Å². The van der Waals surface area contributed by atoms with Crippen LogP contribution < -0.4 is 4.90 Å². The summed E-state index contributed by atoms with van der Waals surface area (Å²) < 4.78 is 13.2. The zero-order chi connectivity index (χ0) is 17.9. The third-order valence-corrected chi connectivity index (χ3v) is 4.97. The molecule has 0 spiro atoms. The quantitative estimate of drug-likeness (QED) is 0.730. The van der Waals surface area contributed by atoms with Gasteiger partial charge in [0.1, 0.15) is 6.07 Å². The van der Waals surface area contributed by atoms with Gasteiger partial charge >= 0.3 is 0 Å². The summed E-state index contributed by atoms with van der Waals surface area (Å²) >= 11 is 0. The van der Waals surface area contributed by atoms with Gasteiger partial charge in [-0.25, -0.2) is 9.97 Å². The van der Waals surface area contributed by atoms with Crippen molar-refractivity contribution < 1.29 is 4.39 Å². The fraction of sp³-hybridized carbons (Fsp3) is 0.250. The zero-order valence-electron chi connectivity index (χ0n) is 14.2. The average molecular weight is 347 g/mol. The van der Waals surface area contributed by atoms with E-state index in [9.17, 15) is 9.65 Å². The second-order valence-corrected chi connectivity index (χ2v) is 6.45. The van der Waals surface area contributed by atoms with Gasteiger partial charge in [-0.1, -0.05) is 12.1 Å². The maximum atomic E-state index is 13.2. The van der Waals surface area contributed by atoms with E-state index in [0.29, 0.717) is 11.5 Å². The number of aromatic nitrogens is 3. The Morgan fingerprint density at radius 3 is 2.65 bits per heavy atom. The second-order valence-electron chi connectivity index (χ2n) is 6.45. The van der Waals surface area contributed by atoms with Crippen molar-refractivity contribution in [2.45, 2.75) is 18.8 Å². The molecule has 1 aliphatic rings. The number of hydrogen-bond acceptors (Lipinski definition) is 4. The minimum absolute atomic E-state index is 0.457. The molecule has 0 unspecified atom stereocenters. The number of H-pyrrole nitrogens is 1. The van der Waals surface area contributed by atoms with Crippen LogP contribution in [-0.2, 0) is 0 Å². The molecule has 1 aromatic carbocycles. The van der Waals surface area contributed by atoms with E-state index in [4.69, 9.17) is 0 Å². The summed E-state index contributed by atoms with van der Waals surface area (Å²) in [6, 6.07) is 11.0. The Morgan fingerprint density at radius 2 is 2.00 bits per heavy atom. The molecule has 0 saturated carbocycles. The summed E-state index contributed by atoms with van der Waals surface area (Å²) in [6.45, 7) is 1.70. The van der Waals surface area contributed by atoms with Crippen molar-refractivity contribution in [2.24, 2.45) is 0 Å². The van der Waals surface area contributed by atoms with Crippen molar-refractivity contribution in [3.8, 4) is 17.2 Å². The minimum Gasteiger partial charge on any atom is -0.370 e. The summed E-state index contributed by atoms with van der Waals surface area (Å²) in [7, 11) is 0. The lowest BCUT2D eigenvalue weighted by Gasteiger charge is -2.35. The van der Waals surface area contributed by atoms with E-state index in [2.05, 4.69) is 25.9 Å². The maximum absolute atomic E-state index is 13.2. The van der Waals surface area contributed by atoms with Crippen LogP contribution in [0.25, 0.3) is 11.1 Å². The van der Waals surface area contributed by atoms with Crippen molar-refractivity contribution in [3.63, 3.8) is 0 Å². The monoisotopic (exact) mass is 347 g/mol. The van der Waals surface area contributed by atoms with Crippen LogP contribution in [0.4, 0.5) is 10.1 Å². The molecule has 1 fully saturated rings. The van der Waals surface area contributed by atoms with E-state index in [0.717, 1.165) is 42.7 Å². The first-order valence-electron chi connectivity index (χ1n) is 8.64. The third-order valence-electron chi connectivity index (χ3n) is 4.97. The molecule has 0 radical (unpaired) electrons. The number of halogens is 1. The molecule has 0 bridgehead atoms. The highest BCUT2D eigenvalue weighted by Gasteiger charge is 2.25. The number of para-hydroxylation sites is 1. The predicted octanol–water partition coefficient (Wildman–Crippen LogP) is 3.87. The van der Waals surface area contributed by atoms with Gasteiger partial charge in [-0.15, -0.1) is 0 Å². The molecule has 130 valence electrons. The molecule has 26 heavy (non-hydrogen) atoms. The molecule has 4 rings (SSSR count). The summed E-state index contributed by atoms with van der Waals surface area (Å²) in [6.07, 6.45) is 7.10. The smallest absolute Gasteiger partial charge is 0.212 e. The summed E-state index contributed by atoms with van der Waals surface area (Å²) in [5, 5.41) is 9.60. The van der Waals surface area contributed by atoms with Crippen molar-refractivity contribution in [1.82, 2.24) is 15.0 Å². The van der Waals surface area contributed by atoms with Gasteiger partial charge in [0.15, 0.2) is 0 Å². The minimum atomic E-state index is -0.507. The average Bonchev–Trinajstić information content (AvgIpc) is 3.23. The zero-order valence-corrected chi connectivity index (χ0v) is 14.2. The Bertz CT molecular complexity index is 920.